The number of ketones is 2. The number of benzene rings is 1. The van der Waals surface area contributed by atoms with Crippen molar-refractivity contribution in [3.8, 4) is 0 Å². The molecule has 2 heteroatoms. The lowest BCUT2D eigenvalue weighted by atomic mass is 9.98. The molecule has 1 aromatic rings. The second kappa shape index (κ2) is 3.05. The van der Waals surface area contributed by atoms with Crippen LogP contribution in [0.1, 0.15) is 41.3 Å². The Balaban J connectivity index is 2.51. The molecule has 2 rings (SSSR count). The summed E-state index contributed by atoms with van der Waals surface area (Å²) in [6, 6.07) is 5.75. The molecule has 2 nitrogen and oxygen atoms in total. The number of carbonyl (C=O) groups excluding carboxylic acids is 2. The van der Waals surface area contributed by atoms with Crippen LogP contribution in [0.3, 0.4) is 0 Å². The first kappa shape index (κ1) is 9.13. The van der Waals surface area contributed by atoms with Crippen molar-refractivity contribution in [1.29, 1.82) is 0 Å². The van der Waals surface area contributed by atoms with Crippen LogP contribution in [-0.2, 0) is 11.2 Å². The van der Waals surface area contributed by atoms with Gasteiger partial charge in [-0.15, -0.1) is 0 Å². The Morgan fingerprint density at radius 2 is 1.93 bits per heavy atom. The van der Waals surface area contributed by atoms with Crippen molar-refractivity contribution in [2.75, 3.05) is 0 Å². The van der Waals surface area contributed by atoms with Crippen molar-refractivity contribution in [1.82, 2.24) is 0 Å². The highest BCUT2D eigenvalue weighted by Gasteiger charge is 2.28. The lowest BCUT2D eigenvalue weighted by Gasteiger charge is -2.06. The fourth-order valence-electron chi connectivity index (χ4n) is 1.72. The van der Waals surface area contributed by atoms with E-state index in [-0.39, 0.29) is 18.0 Å². The molecule has 0 N–H and O–H groups in total. The van der Waals surface area contributed by atoms with E-state index in [4.69, 9.17) is 0 Å². The molecule has 0 saturated heterocycles. The molecule has 0 saturated carbocycles. The molecule has 14 heavy (non-hydrogen) atoms. The molecule has 0 heterocycles. The van der Waals surface area contributed by atoms with Gasteiger partial charge in [0.25, 0.3) is 0 Å². The molecule has 0 fully saturated rings. The Morgan fingerprint density at radius 1 is 1.21 bits per heavy atom. The van der Waals surface area contributed by atoms with Crippen LogP contribution in [0.5, 0.6) is 0 Å². The first-order valence-corrected chi connectivity index (χ1v) is 4.80. The predicted octanol–water partition coefficient (Wildman–Crippen LogP) is 2.12. The topological polar surface area (TPSA) is 34.1 Å². The standard InChI is InChI=1S/C12H12O2/c1-7(2)8-3-4-9-6-11(13)12(14)10(9)5-8/h3-5,7H,6H2,1-2H3. The summed E-state index contributed by atoms with van der Waals surface area (Å²) in [4.78, 5) is 22.6. The number of hydrogen-bond donors (Lipinski definition) is 0. The summed E-state index contributed by atoms with van der Waals surface area (Å²) < 4.78 is 0. The van der Waals surface area contributed by atoms with Crippen LogP contribution in [-0.4, -0.2) is 11.6 Å². The monoisotopic (exact) mass is 188 g/mol. The molecular weight excluding hydrogens is 176 g/mol. The highest BCUT2D eigenvalue weighted by atomic mass is 16.2. The Labute approximate surface area is 82.9 Å². The molecule has 0 aliphatic heterocycles. The summed E-state index contributed by atoms with van der Waals surface area (Å²) in [5.74, 6) is -0.202. The highest BCUT2D eigenvalue weighted by molar-refractivity contribution is 6.47. The smallest absolute Gasteiger partial charge is 0.229 e. The number of hydrogen-bond acceptors (Lipinski definition) is 2. The summed E-state index contributed by atoms with van der Waals surface area (Å²) >= 11 is 0. The van der Waals surface area contributed by atoms with Gasteiger partial charge in [-0.05, 0) is 23.1 Å². The third kappa shape index (κ3) is 1.27. The van der Waals surface area contributed by atoms with Gasteiger partial charge in [-0.3, -0.25) is 9.59 Å². The largest absolute Gasteiger partial charge is 0.290 e. The molecule has 72 valence electrons. The number of rotatable bonds is 1. The van der Waals surface area contributed by atoms with E-state index in [9.17, 15) is 9.59 Å². The summed E-state index contributed by atoms with van der Waals surface area (Å²) in [7, 11) is 0. The van der Waals surface area contributed by atoms with Gasteiger partial charge in [0.2, 0.25) is 11.6 Å². The Kier molecular flexibility index (Phi) is 1.99. The van der Waals surface area contributed by atoms with Gasteiger partial charge < -0.3 is 0 Å². The van der Waals surface area contributed by atoms with E-state index in [0.717, 1.165) is 11.1 Å². The van der Waals surface area contributed by atoms with Crippen molar-refractivity contribution in [2.24, 2.45) is 0 Å². The van der Waals surface area contributed by atoms with Gasteiger partial charge in [0.1, 0.15) is 0 Å². The minimum Gasteiger partial charge on any atom is -0.290 e. The van der Waals surface area contributed by atoms with E-state index in [1.807, 2.05) is 18.2 Å². The molecule has 0 spiro atoms. The first-order valence-electron chi connectivity index (χ1n) is 4.80. The number of fused-ring (bicyclic) bond motifs is 1. The fraction of sp³-hybridized carbons (Fsp3) is 0.333. The molecule has 0 unspecified atom stereocenters. The zero-order chi connectivity index (χ0) is 10.3. The van der Waals surface area contributed by atoms with E-state index in [1.165, 1.54) is 0 Å². The number of carbonyl (C=O) groups is 2. The maximum atomic E-state index is 11.4. The van der Waals surface area contributed by atoms with Crippen molar-refractivity contribution < 1.29 is 9.59 Å². The molecular formula is C12H12O2. The predicted molar refractivity (Wildman–Crippen MR) is 53.6 cm³/mol. The van der Waals surface area contributed by atoms with E-state index < -0.39 is 0 Å². The molecule has 0 radical (unpaired) electrons. The molecule has 1 aliphatic rings. The van der Waals surface area contributed by atoms with E-state index in [0.29, 0.717) is 11.5 Å². The Hall–Kier alpha value is -1.44. The molecule has 1 aromatic carbocycles. The summed E-state index contributed by atoms with van der Waals surface area (Å²) in [6.45, 7) is 4.14. The zero-order valence-corrected chi connectivity index (χ0v) is 8.33. The Morgan fingerprint density at radius 3 is 2.57 bits per heavy atom. The van der Waals surface area contributed by atoms with Gasteiger partial charge in [0, 0.05) is 12.0 Å². The Bertz CT molecular complexity index is 416. The molecule has 1 aliphatic carbocycles. The normalized spacial score (nSPS) is 15.1. The number of Topliss-reactive ketones (excluding diaryl/α,β-unsaturated/α-hetero) is 2. The van der Waals surface area contributed by atoms with Gasteiger partial charge in [-0.25, -0.2) is 0 Å². The van der Waals surface area contributed by atoms with Gasteiger partial charge in [-0.2, -0.15) is 0 Å². The highest BCUT2D eigenvalue weighted by Crippen LogP contribution is 2.24. The van der Waals surface area contributed by atoms with Crippen LogP contribution < -0.4 is 0 Å². The third-order valence-corrected chi connectivity index (χ3v) is 2.65. The lowest BCUT2D eigenvalue weighted by Crippen LogP contribution is -2.06. The SMILES string of the molecule is CC(C)c1ccc2c(c1)C(=O)C(=O)C2. The van der Waals surface area contributed by atoms with Crippen molar-refractivity contribution in [3.63, 3.8) is 0 Å². The van der Waals surface area contributed by atoms with Gasteiger partial charge >= 0.3 is 0 Å². The summed E-state index contributed by atoms with van der Waals surface area (Å²) in [5.41, 5.74) is 2.61. The van der Waals surface area contributed by atoms with Crippen LogP contribution in [0.4, 0.5) is 0 Å². The van der Waals surface area contributed by atoms with Crippen LogP contribution in [0.15, 0.2) is 18.2 Å². The van der Waals surface area contributed by atoms with Crippen molar-refractivity contribution in [3.05, 3.63) is 34.9 Å². The van der Waals surface area contributed by atoms with Crippen molar-refractivity contribution in [2.45, 2.75) is 26.2 Å². The maximum Gasteiger partial charge on any atom is 0.229 e. The zero-order valence-electron chi connectivity index (χ0n) is 8.33. The van der Waals surface area contributed by atoms with Gasteiger partial charge in [0.15, 0.2) is 0 Å². The summed E-state index contributed by atoms with van der Waals surface area (Å²) in [6.07, 6.45) is 0.284. The van der Waals surface area contributed by atoms with E-state index in [1.54, 1.807) is 0 Å². The van der Waals surface area contributed by atoms with Gasteiger partial charge in [-0.1, -0.05) is 26.0 Å². The molecule has 0 atom stereocenters. The average Bonchev–Trinajstić information content (AvgIpc) is 2.43. The van der Waals surface area contributed by atoms with Crippen molar-refractivity contribution >= 4 is 11.6 Å². The fourth-order valence-corrected chi connectivity index (χ4v) is 1.72. The summed E-state index contributed by atoms with van der Waals surface area (Å²) in [5, 5.41) is 0. The van der Waals surface area contributed by atoms with Crippen LogP contribution in [0.2, 0.25) is 0 Å². The minimum absolute atomic E-state index is 0.277. The van der Waals surface area contributed by atoms with E-state index in [2.05, 4.69) is 13.8 Å². The average molecular weight is 188 g/mol. The first-order chi connectivity index (χ1) is 6.59. The lowest BCUT2D eigenvalue weighted by molar-refractivity contribution is -0.114. The second-order valence-electron chi connectivity index (χ2n) is 4.00. The third-order valence-electron chi connectivity index (χ3n) is 2.65. The van der Waals surface area contributed by atoms with Gasteiger partial charge in [0.05, 0.1) is 0 Å². The minimum atomic E-state index is -0.317. The second-order valence-corrected chi connectivity index (χ2v) is 4.00. The van der Waals surface area contributed by atoms with Crippen LogP contribution >= 0.6 is 0 Å². The molecule has 0 bridgehead atoms. The van der Waals surface area contributed by atoms with Crippen LogP contribution in [0, 0.1) is 0 Å². The molecule has 0 amide bonds. The van der Waals surface area contributed by atoms with E-state index >= 15 is 0 Å². The quantitative estimate of drug-likeness (QED) is 0.632. The molecule has 0 aromatic heterocycles. The van der Waals surface area contributed by atoms with Crippen LogP contribution in [0.25, 0.3) is 0 Å². The maximum absolute atomic E-state index is 11.4.